The first-order valence-electron chi connectivity index (χ1n) is 7.33. The minimum Gasteiger partial charge on any atom is -0.493 e. The lowest BCUT2D eigenvalue weighted by molar-refractivity contribution is -0.121. The van der Waals surface area contributed by atoms with Gasteiger partial charge in [0.1, 0.15) is 5.75 Å². The summed E-state index contributed by atoms with van der Waals surface area (Å²) >= 11 is 0. The Morgan fingerprint density at radius 2 is 2.15 bits per heavy atom. The summed E-state index contributed by atoms with van der Waals surface area (Å²) in [5, 5.41) is 2.91. The maximum atomic E-state index is 11.6. The number of benzene rings is 1. The van der Waals surface area contributed by atoms with Crippen molar-refractivity contribution in [2.75, 3.05) is 18.9 Å². The third kappa shape index (κ3) is 7.67. The molecule has 0 aliphatic rings. The molecule has 20 heavy (non-hydrogen) atoms. The summed E-state index contributed by atoms with van der Waals surface area (Å²) in [6.45, 7) is 5.56. The highest BCUT2D eigenvalue weighted by Gasteiger charge is 2.02. The molecule has 0 bridgehead atoms. The van der Waals surface area contributed by atoms with E-state index in [2.05, 4.69) is 19.2 Å². The summed E-state index contributed by atoms with van der Waals surface area (Å²) in [6, 6.07) is 7.22. The zero-order valence-corrected chi connectivity index (χ0v) is 12.5. The molecule has 3 N–H and O–H groups in total. The normalized spacial score (nSPS) is 10.6. The highest BCUT2D eigenvalue weighted by Crippen LogP contribution is 2.14. The van der Waals surface area contributed by atoms with Crippen molar-refractivity contribution >= 4 is 11.6 Å². The van der Waals surface area contributed by atoms with Crippen LogP contribution in [0.2, 0.25) is 0 Å². The Labute approximate surface area is 121 Å². The quantitative estimate of drug-likeness (QED) is 0.539. The van der Waals surface area contributed by atoms with Gasteiger partial charge in [-0.15, -0.1) is 0 Å². The lowest BCUT2D eigenvalue weighted by Crippen LogP contribution is -2.25. The predicted octanol–water partition coefficient (Wildman–Crippen LogP) is 2.98. The first-order valence-corrected chi connectivity index (χ1v) is 7.33. The molecule has 1 aromatic carbocycles. The van der Waals surface area contributed by atoms with E-state index < -0.39 is 0 Å². The molecule has 0 spiro atoms. The monoisotopic (exact) mass is 278 g/mol. The summed E-state index contributed by atoms with van der Waals surface area (Å²) in [5.74, 6) is 1.48. The van der Waals surface area contributed by atoms with Gasteiger partial charge in [-0.25, -0.2) is 0 Å². The number of unbranched alkanes of at least 4 members (excludes halogenated alkanes) is 1. The average molecular weight is 278 g/mol. The van der Waals surface area contributed by atoms with E-state index in [0.29, 0.717) is 24.5 Å². The van der Waals surface area contributed by atoms with Crippen molar-refractivity contribution in [2.24, 2.45) is 5.92 Å². The highest BCUT2D eigenvalue weighted by molar-refractivity contribution is 5.75. The first kappa shape index (κ1) is 16.3. The van der Waals surface area contributed by atoms with Gasteiger partial charge in [0.2, 0.25) is 5.91 Å². The third-order valence-corrected chi connectivity index (χ3v) is 2.99. The second kappa shape index (κ2) is 9.23. The molecular weight excluding hydrogens is 252 g/mol. The number of hydrogen-bond acceptors (Lipinski definition) is 3. The molecule has 4 nitrogen and oxygen atoms in total. The molecule has 0 heterocycles. The van der Waals surface area contributed by atoms with Crippen molar-refractivity contribution in [2.45, 2.75) is 39.5 Å². The van der Waals surface area contributed by atoms with Gasteiger partial charge in [-0.2, -0.15) is 0 Å². The largest absolute Gasteiger partial charge is 0.493 e. The minimum atomic E-state index is 0.0402. The molecule has 0 aliphatic heterocycles. The Bertz CT molecular complexity index is 405. The molecular formula is C16H26N2O2. The second-order valence-corrected chi connectivity index (χ2v) is 5.41. The fourth-order valence-corrected chi connectivity index (χ4v) is 1.86. The summed E-state index contributed by atoms with van der Waals surface area (Å²) in [6.07, 6.45) is 3.80. The lowest BCUT2D eigenvalue weighted by atomic mass is 10.1. The molecule has 1 rings (SSSR count). The molecule has 0 saturated heterocycles. The maximum Gasteiger partial charge on any atom is 0.223 e. The van der Waals surface area contributed by atoms with Gasteiger partial charge in [0, 0.05) is 18.3 Å². The number of carbonyl (C=O) groups excluding carboxylic acids is 1. The second-order valence-electron chi connectivity index (χ2n) is 5.41. The number of ether oxygens (including phenoxy) is 1. The number of anilines is 1. The number of nitrogens with one attached hydrogen (secondary N) is 1. The Morgan fingerprint density at radius 1 is 1.35 bits per heavy atom. The standard InChI is InChI=1S/C16H26N2O2/c1-13(2)6-3-4-10-18-16(19)9-11-20-15-8-5-7-14(17)12-15/h5,7-8,12-13H,3-4,6,9-11,17H2,1-2H3,(H,18,19). The molecule has 0 aromatic heterocycles. The van der Waals surface area contributed by atoms with Crippen molar-refractivity contribution in [3.05, 3.63) is 24.3 Å². The molecule has 112 valence electrons. The number of carbonyl (C=O) groups is 1. The van der Waals surface area contributed by atoms with Crippen LogP contribution in [0.25, 0.3) is 0 Å². The van der Waals surface area contributed by atoms with Crippen LogP contribution in [0.1, 0.15) is 39.5 Å². The molecule has 1 amide bonds. The number of hydrogen-bond donors (Lipinski definition) is 2. The fourth-order valence-electron chi connectivity index (χ4n) is 1.86. The van der Waals surface area contributed by atoms with Crippen molar-refractivity contribution < 1.29 is 9.53 Å². The van der Waals surface area contributed by atoms with Gasteiger partial charge in [0.15, 0.2) is 0 Å². The van der Waals surface area contributed by atoms with Crippen LogP contribution in [0.4, 0.5) is 5.69 Å². The van der Waals surface area contributed by atoms with E-state index in [1.54, 1.807) is 12.1 Å². The lowest BCUT2D eigenvalue weighted by Gasteiger charge is -2.08. The Kier molecular flexibility index (Phi) is 7.55. The number of nitrogen functional groups attached to an aromatic ring is 1. The third-order valence-electron chi connectivity index (χ3n) is 2.99. The highest BCUT2D eigenvalue weighted by atomic mass is 16.5. The molecule has 0 saturated carbocycles. The molecule has 0 radical (unpaired) electrons. The maximum absolute atomic E-state index is 11.6. The van der Waals surface area contributed by atoms with Gasteiger partial charge >= 0.3 is 0 Å². The van der Waals surface area contributed by atoms with E-state index in [9.17, 15) is 4.79 Å². The van der Waals surface area contributed by atoms with Crippen LogP contribution in [0.15, 0.2) is 24.3 Å². The zero-order chi connectivity index (χ0) is 14.8. The number of amides is 1. The van der Waals surface area contributed by atoms with E-state index in [-0.39, 0.29) is 5.91 Å². The summed E-state index contributed by atoms with van der Waals surface area (Å²) in [5.41, 5.74) is 6.31. The summed E-state index contributed by atoms with van der Waals surface area (Å²) < 4.78 is 5.48. The van der Waals surface area contributed by atoms with Crippen LogP contribution in [-0.4, -0.2) is 19.1 Å². The molecule has 1 aromatic rings. The Morgan fingerprint density at radius 3 is 2.85 bits per heavy atom. The van der Waals surface area contributed by atoms with E-state index in [4.69, 9.17) is 10.5 Å². The van der Waals surface area contributed by atoms with Gasteiger partial charge in [-0.3, -0.25) is 4.79 Å². The predicted molar refractivity (Wildman–Crippen MR) is 82.7 cm³/mol. The van der Waals surface area contributed by atoms with Crippen LogP contribution in [0.3, 0.4) is 0 Å². The van der Waals surface area contributed by atoms with Crippen LogP contribution >= 0.6 is 0 Å². The smallest absolute Gasteiger partial charge is 0.223 e. The van der Waals surface area contributed by atoms with Crippen molar-refractivity contribution in [3.8, 4) is 5.75 Å². The summed E-state index contributed by atoms with van der Waals surface area (Å²) in [4.78, 5) is 11.6. The van der Waals surface area contributed by atoms with Crippen molar-refractivity contribution in [1.29, 1.82) is 0 Å². The van der Waals surface area contributed by atoms with E-state index in [1.807, 2.05) is 12.1 Å². The number of nitrogens with two attached hydrogens (primary N) is 1. The SMILES string of the molecule is CC(C)CCCCNC(=O)CCOc1cccc(N)c1. The Balaban J connectivity index is 2.05. The average Bonchev–Trinajstić information content (AvgIpc) is 2.38. The van der Waals surface area contributed by atoms with Gasteiger partial charge in [0.25, 0.3) is 0 Å². The van der Waals surface area contributed by atoms with Crippen LogP contribution < -0.4 is 15.8 Å². The number of rotatable bonds is 9. The molecule has 0 aliphatic carbocycles. The summed E-state index contributed by atoms with van der Waals surface area (Å²) in [7, 11) is 0. The molecule has 0 atom stereocenters. The van der Waals surface area contributed by atoms with E-state index >= 15 is 0 Å². The van der Waals surface area contributed by atoms with Gasteiger partial charge in [0.05, 0.1) is 13.0 Å². The van der Waals surface area contributed by atoms with Gasteiger partial charge in [-0.1, -0.05) is 32.8 Å². The topological polar surface area (TPSA) is 64.3 Å². The van der Waals surface area contributed by atoms with Crippen LogP contribution in [0, 0.1) is 5.92 Å². The van der Waals surface area contributed by atoms with Crippen LogP contribution in [0.5, 0.6) is 5.75 Å². The van der Waals surface area contributed by atoms with E-state index in [0.717, 1.165) is 25.3 Å². The molecule has 4 heteroatoms. The fraction of sp³-hybridized carbons (Fsp3) is 0.562. The first-order chi connectivity index (χ1) is 9.58. The zero-order valence-electron chi connectivity index (χ0n) is 12.5. The minimum absolute atomic E-state index is 0.0402. The van der Waals surface area contributed by atoms with Gasteiger partial charge in [-0.05, 0) is 24.5 Å². The molecule has 0 unspecified atom stereocenters. The Hall–Kier alpha value is -1.71. The van der Waals surface area contributed by atoms with Crippen molar-refractivity contribution in [1.82, 2.24) is 5.32 Å². The molecule has 0 fully saturated rings. The van der Waals surface area contributed by atoms with Gasteiger partial charge < -0.3 is 15.8 Å². The van der Waals surface area contributed by atoms with Crippen LogP contribution in [-0.2, 0) is 4.79 Å². The van der Waals surface area contributed by atoms with Crippen molar-refractivity contribution in [3.63, 3.8) is 0 Å². The van der Waals surface area contributed by atoms with E-state index in [1.165, 1.54) is 6.42 Å².